The zero-order valence-electron chi connectivity index (χ0n) is 12.7. The molecule has 1 aromatic carbocycles. The number of pyridine rings is 1. The molecule has 0 N–H and O–H groups in total. The van der Waals surface area contributed by atoms with E-state index in [0.29, 0.717) is 12.1 Å². The Morgan fingerprint density at radius 3 is 2.46 bits per heavy atom. The van der Waals surface area contributed by atoms with Gasteiger partial charge in [0.1, 0.15) is 0 Å². The Morgan fingerprint density at radius 2 is 1.92 bits per heavy atom. The average Bonchev–Trinajstić information content (AvgIpc) is 2.61. The van der Waals surface area contributed by atoms with Gasteiger partial charge in [-0.15, -0.1) is 6.58 Å². The minimum Gasteiger partial charge on any atom is -0.758 e. The van der Waals surface area contributed by atoms with Crippen LogP contribution in [0.15, 0.2) is 72.5 Å². The third-order valence-electron chi connectivity index (χ3n) is 3.26. The Labute approximate surface area is 144 Å². The molecule has 2 rings (SSSR count). The fourth-order valence-electron chi connectivity index (χ4n) is 2.11. The number of aromatic nitrogens is 1. The van der Waals surface area contributed by atoms with Gasteiger partial charge < -0.3 is 17.6 Å². The van der Waals surface area contributed by atoms with Gasteiger partial charge in [0.15, 0.2) is 12.4 Å². The van der Waals surface area contributed by atoms with Crippen molar-refractivity contribution in [2.75, 3.05) is 6.54 Å². The van der Waals surface area contributed by atoms with Gasteiger partial charge in [0.05, 0.1) is 11.5 Å². The number of hydrogen-bond acceptors (Lipinski definition) is 5. The molecule has 0 radical (unpaired) electrons. The smallest absolute Gasteiger partial charge is 0.269 e. The first-order valence-electron chi connectivity index (χ1n) is 7.11. The van der Waals surface area contributed by atoms with E-state index < -0.39 is 11.0 Å². The van der Waals surface area contributed by atoms with E-state index in [0.717, 1.165) is 0 Å². The zero-order chi connectivity index (χ0) is 17.5. The number of non-ortho nitro benzene ring substituents is 1. The van der Waals surface area contributed by atoms with Crippen LogP contribution in [-0.4, -0.2) is 22.3 Å². The third-order valence-corrected chi connectivity index (χ3v) is 3.61. The van der Waals surface area contributed by atoms with Crippen molar-refractivity contribution in [3.05, 3.63) is 83.2 Å². The summed E-state index contributed by atoms with van der Waals surface area (Å²) in [6, 6.07) is 10.0. The summed E-state index contributed by atoms with van der Waals surface area (Å²) in [5, 5.41) is 11.0. The standard InChI is InChI=1S/C17H15N3O3S/c1-2-10-18-17(24)15(19-11-4-3-5-12-19)16(21)13-6-8-14(9-7-13)20(22)23/h2-9,11-12,15H,1,10H2. The summed E-state index contributed by atoms with van der Waals surface area (Å²) in [7, 11) is 0. The monoisotopic (exact) mass is 341 g/mol. The number of nitrogens with zero attached hydrogens (tertiary/aromatic N) is 3. The molecule has 0 aliphatic rings. The van der Waals surface area contributed by atoms with Crippen molar-refractivity contribution in [1.29, 1.82) is 0 Å². The summed E-state index contributed by atoms with van der Waals surface area (Å²) >= 11 is 5.30. The van der Waals surface area contributed by atoms with E-state index in [1.165, 1.54) is 24.3 Å². The normalized spacial score (nSPS) is 12.4. The van der Waals surface area contributed by atoms with Crippen LogP contribution in [-0.2, 0) is 12.6 Å². The van der Waals surface area contributed by atoms with Crippen LogP contribution in [0, 0.1) is 10.1 Å². The van der Waals surface area contributed by atoms with Crippen LogP contribution in [0.5, 0.6) is 0 Å². The van der Waals surface area contributed by atoms with Crippen molar-refractivity contribution in [1.82, 2.24) is 0 Å². The minimum absolute atomic E-state index is 0.0746. The SMILES string of the molecule is C=CCN=C([S-])C(C(=O)c1ccc([N+](=O)[O-])cc1)[n+]1ccccc1. The molecule has 0 saturated heterocycles. The van der Waals surface area contributed by atoms with Crippen LogP contribution in [0.3, 0.4) is 0 Å². The molecule has 0 bridgehead atoms. The van der Waals surface area contributed by atoms with Gasteiger partial charge in [0.25, 0.3) is 5.69 Å². The maximum Gasteiger partial charge on any atom is 0.269 e. The van der Waals surface area contributed by atoms with Gasteiger partial charge in [-0.05, 0) is 17.2 Å². The number of nitro groups is 1. The molecule has 2 aromatic rings. The second kappa shape index (κ2) is 8.07. The lowest BCUT2D eigenvalue weighted by molar-refractivity contribution is -0.691. The van der Waals surface area contributed by atoms with Crippen LogP contribution in [0.1, 0.15) is 16.4 Å². The zero-order valence-corrected chi connectivity index (χ0v) is 13.6. The number of nitro benzene ring substituents is 1. The minimum atomic E-state index is -0.789. The Morgan fingerprint density at radius 1 is 1.29 bits per heavy atom. The van der Waals surface area contributed by atoms with Crippen molar-refractivity contribution in [2.45, 2.75) is 6.04 Å². The van der Waals surface area contributed by atoms with Gasteiger partial charge in [0.2, 0.25) is 11.8 Å². The first kappa shape index (κ1) is 17.4. The summed E-state index contributed by atoms with van der Waals surface area (Å²) in [6.45, 7) is 3.90. The molecule has 24 heavy (non-hydrogen) atoms. The lowest BCUT2D eigenvalue weighted by atomic mass is 10.0. The first-order valence-corrected chi connectivity index (χ1v) is 7.52. The Kier molecular flexibility index (Phi) is 5.86. The van der Waals surface area contributed by atoms with Crippen molar-refractivity contribution in [3.8, 4) is 0 Å². The van der Waals surface area contributed by atoms with Crippen LogP contribution < -0.4 is 4.57 Å². The highest BCUT2D eigenvalue weighted by molar-refractivity contribution is 7.77. The molecule has 1 atom stereocenters. The maximum absolute atomic E-state index is 12.9. The lowest BCUT2D eigenvalue weighted by Gasteiger charge is -2.18. The van der Waals surface area contributed by atoms with E-state index in [1.54, 1.807) is 35.2 Å². The summed E-state index contributed by atoms with van der Waals surface area (Å²) < 4.78 is 1.67. The molecule has 0 aliphatic carbocycles. The second-order valence-corrected chi connectivity index (χ2v) is 5.28. The molecule has 0 aliphatic heterocycles. The van der Waals surface area contributed by atoms with Gasteiger partial charge in [-0.2, -0.15) is 4.57 Å². The molecule has 6 nitrogen and oxygen atoms in total. The molecule has 1 unspecified atom stereocenters. The lowest BCUT2D eigenvalue weighted by Crippen LogP contribution is -2.47. The number of carbonyl (C=O) groups excluding carboxylic acids is 1. The Balaban J connectivity index is 2.41. The number of benzene rings is 1. The summed E-state index contributed by atoms with van der Waals surface area (Å²) in [4.78, 5) is 27.3. The van der Waals surface area contributed by atoms with Crippen molar-refractivity contribution in [2.24, 2.45) is 4.99 Å². The van der Waals surface area contributed by atoms with Crippen LogP contribution in [0.25, 0.3) is 0 Å². The number of hydrogen-bond donors (Lipinski definition) is 0. The van der Waals surface area contributed by atoms with Gasteiger partial charge in [-0.3, -0.25) is 14.9 Å². The van der Waals surface area contributed by atoms with Gasteiger partial charge in [-0.25, -0.2) is 0 Å². The van der Waals surface area contributed by atoms with E-state index in [9.17, 15) is 14.9 Å². The van der Waals surface area contributed by atoms with E-state index in [2.05, 4.69) is 11.6 Å². The van der Waals surface area contributed by atoms with Crippen LogP contribution in [0.4, 0.5) is 5.69 Å². The summed E-state index contributed by atoms with van der Waals surface area (Å²) in [6.07, 6.45) is 5.04. The van der Waals surface area contributed by atoms with E-state index >= 15 is 0 Å². The molecule has 1 aromatic heterocycles. The number of Topliss-reactive ketones (excluding diaryl/α,β-unsaturated/α-hetero) is 1. The van der Waals surface area contributed by atoms with Gasteiger partial charge in [0, 0.05) is 29.8 Å². The van der Waals surface area contributed by atoms with Crippen molar-refractivity contribution in [3.63, 3.8) is 0 Å². The third kappa shape index (κ3) is 4.08. The second-order valence-electron chi connectivity index (χ2n) is 4.86. The molecule has 7 heteroatoms. The number of rotatable bonds is 7. The quantitative estimate of drug-likeness (QED) is 0.113. The molecular formula is C17H15N3O3S. The molecule has 1 heterocycles. The molecule has 122 valence electrons. The highest BCUT2D eigenvalue weighted by Gasteiger charge is 2.28. The average molecular weight is 341 g/mol. The Bertz CT molecular complexity index is 773. The first-order chi connectivity index (χ1) is 11.5. The highest BCUT2D eigenvalue weighted by Crippen LogP contribution is 2.16. The van der Waals surface area contributed by atoms with Gasteiger partial charge in [-0.1, -0.05) is 12.1 Å². The van der Waals surface area contributed by atoms with Crippen LogP contribution in [0.2, 0.25) is 0 Å². The molecular weight excluding hydrogens is 326 g/mol. The molecule has 0 amide bonds. The number of carbonyl (C=O) groups is 1. The maximum atomic E-state index is 12.9. The molecule has 0 saturated carbocycles. The molecule has 0 fully saturated rings. The van der Waals surface area contributed by atoms with Crippen LogP contribution >= 0.6 is 0 Å². The number of aliphatic imine (C=N–C) groups is 1. The molecule has 0 spiro atoms. The summed E-state index contributed by atoms with van der Waals surface area (Å²) in [5.74, 6) is -0.279. The summed E-state index contributed by atoms with van der Waals surface area (Å²) in [5.41, 5.74) is 0.257. The number of ketones is 1. The predicted molar refractivity (Wildman–Crippen MR) is 93.0 cm³/mol. The fourth-order valence-corrected chi connectivity index (χ4v) is 2.41. The van der Waals surface area contributed by atoms with E-state index in [1.807, 2.05) is 6.07 Å². The topological polar surface area (TPSA) is 76.4 Å². The largest absolute Gasteiger partial charge is 0.758 e. The van der Waals surface area contributed by atoms with Crippen molar-refractivity contribution >= 4 is 29.1 Å². The van der Waals surface area contributed by atoms with E-state index in [4.69, 9.17) is 12.6 Å². The van der Waals surface area contributed by atoms with Crippen molar-refractivity contribution < 1.29 is 14.3 Å². The highest BCUT2D eigenvalue weighted by atomic mass is 32.1. The predicted octanol–water partition coefficient (Wildman–Crippen LogP) is 2.44. The van der Waals surface area contributed by atoms with E-state index in [-0.39, 0.29) is 16.5 Å². The fraction of sp³-hybridized carbons (Fsp3) is 0.118. The van der Waals surface area contributed by atoms with Gasteiger partial charge >= 0.3 is 0 Å². The Hall–Kier alpha value is -2.93.